The monoisotopic (exact) mass is 551 g/mol. The lowest BCUT2D eigenvalue weighted by atomic mass is 9.93. The molecule has 210 valence electrons. The Morgan fingerprint density at radius 2 is 1.53 bits per heavy atom. The smallest absolute Gasteiger partial charge is 0.416 e. The van der Waals surface area contributed by atoms with E-state index in [1.54, 1.807) is 20.8 Å². The minimum absolute atomic E-state index is 0.0217. The summed E-state index contributed by atoms with van der Waals surface area (Å²) in [6.45, 7) is 5.49. The molecule has 0 spiro atoms. The molecule has 2 aromatic rings. The van der Waals surface area contributed by atoms with Crippen molar-refractivity contribution >= 4 is 6.09 Å². The second-order valence-electron chi connectivity index (χ2n) is 10.1. The molecule has 1 aliphatic rings. The maximum absolute atomic E-state index is 13.6. The van der Waals surface area contributed by atoms with E-state index >= 15 is 0 Å². The van der Waals surface area contributed by atoms with Gasteiger partial charge in [-0.2, -0.15) is 26.3 Å². The van der Waals surface area contributed by atoms with Crippen molar-refractivity contribution in [3.05, 3.63) is 70.5 Å². The molecule has 5 nitrogen and oxygen atoms in total. The third kappa shape index (κ3) is 6.96. The Labute approximate surface area is 215 Å². The summed E-state index contributed by atoms with van der Waals surface area (Å²) in [5.74, 6) is -1.24. The lowest BCUT2D eigenvalue weighted by molar-refractivity contribution is -0.143. The molecule has 0 bridgehead atoms. The molecule has 2 aromatic carbocycles. The number of aliphatic hydroxyl groups excluding tert-OH is 1. The summed E-state index contributed by atoms with van der Waals surface area (Å²) < 4.78 is 105. The second-order valence-corrected chi connectivity index (χ2v) is 10.1. The maximum atomic E-state index is 13.6. The van der Waals surface area contributed by atoms with Crippen molar-refractivity contribution in [1.29, 1.82) is 0 Å². The molecule has 3 rings (SSSR count). The van der Waals surface area contributed by atoms with Gasteiger partial charge < -0.3 is 14.6 Å². The molecule has 12 heteroatoms. The number of alkyl halides is 6. The van der Waals surface area contributed by atoms with Crippen LogP contribution in [0.2, 0.25) is 0 Å². The summed E-state index contributed by atoms with van der Waals surface area (Å²) >= 11 is 0. The van der Waals surface area contributed by atoms with Gasteiger partial charge in [0.2, 0.25) is 0 Å². The summed E-state index contributed by atoms with van der Waals surface area (Å²) in [5, 5.41) is 10.2. The molecule has 1 aliphatic heterocycles. The zero-order valence-corrected chi connectivity index (χ0v) is 21.0. The predicted octanol–water partition coefficient (Wildman–Crippen LogP) is 6.70. The Bertz CT molecular complexity index is 1090. The van der Waals surface area contributed by atoms with Gasteiger partial charge in [-0.05, 0) is 69.2 Å². The average molecular weight is 551 g/mol. The van der Waals surface area contributed by atoms with E-state index in [0.717, 1.165) is 0 Å². The minimum atomic E-state index is -5.04. The van der Waals surface area contributed by atoms with Crippen molar-refractivity contribution in [2.45, 2.75) is 69.8 Å². The second kappa shape index (κ2) is 10.7. The number of amides is 1. The lowest BCUT2D eigenvalue weighted by Gasteiger charge is -2.31. The van der Waals surface area contributed by atoms with Gasteiger partial charge in [0.15, 0.2) is 0 Å². The molecule has 0 unspecified atom stereocenters. The zero-order chi connectivity index (χ0) is 28.6. The fourth-order valence-corrected chi connectivity index (χ4v) is 4.35. The van der Waals surface area contributed by atoms with Crippen molar-refractivity contribution < 1.29 is 50.1 Å². The molecule has 1 saturated heterocycles. The molecular weight excluding hydrogens is 523 g/mol. The topological polar surface area (TPSA) is 59.0 Å². The highest BCUT2D eigenvalue weighted by atomic mass is 19.4. The van der Waals surface area contributed by atoms with Crippen LogP contribution < -0.4 is 0 Å². The number of benzene rings is 2. The molecule has 0 radical (unpaired) electrons. The Hall–Kier alpha value is -2.86. The van der Waals surface area contributed by atoms with Gasteiger partial charge in [-0.3, -0.25) is 4.90 Å². The van der Waals surface area contributed by atoms with Crippen LogP contribution in [-0.2, 0) is 21.8 Å². The summed E-state index contributed by atoms with van der Waals surface area (Å²) in [4.78, 5) is 14.1. The first-order valence-electron chi connectivity index (χ1n) is 11.7. The number of carbonyl (C=O) groups is 1. The number of nitrogens with zero attached hydrogens (tertiary/aromatic N) is 1. The first-order valence-corrected chi connectivity index (χ1v) is 11.7. The molecule has 0 aromatic heterocycles. The quantitative estimate of drug-likeness (QED) is 0.420. The summed E-state index contributed by atoms with van der Waals surface area (Å²) in [6, 6.07) is 5.32. The van der Waals surface area contributed by atoms with Crippen molar-refractivity contribution in [1.82, 2.24) is 4.90 Å². The molecular formula is C26H28F7NO4. The minimum Gasteiger partial charge on any atom is -0.444 e. The Morgan fingerprint density at radius 1 is 1.00 bits per heavy atom. The number of hydrogen-bond acceptors (Lipinski definition) is 4. The third-order valence-electron chi connectivity index (χ3n) is 6.12. The van der Waals surface area contributed by atoms with Gasteiger partial charge in [0.05, 0.1) is 36.0 Å². The highest BCUT2D eigenvalue weighted by Gasteiger charge is 2.47. The first kappa shape index (κ1) is 29.7. The number of ether oxygens (including phenoxy) is 2. The highest BCUT2D eigenvalue weighted by Crippen LogP contribution is 2.41. The first-order chi connectivity index (χ1) is 17.4. The normalized spacial score (nSPS) is 21.5. The number of hydrogen-bond donors (Lipinski definition) is 1. The van der Waals surface area contributed by atoms with E-state index in [1.807, 2.05) is 0 Å². The van der Waals surface area contributed by atoms with Crippen LogP contribution in [-0.4, -0.2) is 47.0 Å². The van der Waals surface area contributed by atoms with E-state index in [9.17, 15) is 40.6 Å². The number of aliphatic hydroxyl groups is 1. The van der Waals surface area contributed by atoms with E-state index < -0.39 is 77.3 Å². The van der Waals surface area contributed by atoms with E-state index in [1.165, 1.54) is 36.1 Å². The molecule has 4 atom stereocenters. The predicted molar refractivity (Wildman–Crippen MR) is 123 cm³/mol. The van der Waals surface area contributed by atoms with Gasteiger partial charge in [0.1, 0.15) is 11.4 Å². The Kier molecular flexibility index (Phi) is 8.38. The molecule has 1 fully saturated rings. The van der Waals surface area contributed by atoms with Gasteiger partial charge in [-0.15, -0.1) is 0 Å². The largest absolute Gasteiger partial charge is 0.444 e. The van der Waals surface area contributed by atoms with E-state index in [2.05, 4.69) is 0 Å². The van der Waals surface area contributed by atoms with Crippen molar-refractivity contribution in [3.63, 3.8) is 0 Å². The molecule has 0 saturated carbocycles. The van der Waals surface area contributed by atoms with E-state index in [0.29, 0.717) is 17.7 Å². The van der Waals surface area contributed by atoms with Crippen LogP contribution in [0.1, 0.15) is 62.0 Å². The fourth-order valence-electron chi connectivity index (χ4n) is 4.35. The van der Waals surface area contributed by atoms with Crippen LogP contribution in [0.25, 0.3) is 0 Å². The van der Waals surface area contributed by atoms with Crippen LogP contribution in [0.5, 0.6) is 0 Å². The van der Waals surface area contributed by atoms with Crippen LogP contribution in [0.3, 0.4) is 0 Å². The SMILES string of the molecule is C[C@@H](O[C@H]1[C@H](c2ccc(F)cc2)CN(C(=O)OC(C)(C)C)[C@H]1CO)c1cc(C(F)(F)F)cc(C(F)(F)F)c1. The molecule has 38 heavy (non-hydrogen) atoms. The summed E-state index contributed by atoms with van der Waals surface area (Å²) in [5.41, 5.74) is -3.77. The number of likely N-dealkylation sites (tertiary alicyclic amines) is 1. The number of carbonyl (C=O) groups excluding carboxylic acids is 1. The maximum Gasteiger partial charge on any atom is 0.416 e. The summed E-state index contributed by atoms with van der Waals surface area (Å²) in [7, 11) is 0. The van der Waals surface area contributed by atoms with E-state index in [-0.39, 0.29) is 12.6 Å². The molecule has 0 aliphatic carbocycles. The third-order valence-corrected chi connectivity index (χ3v) is 6.12. The van der Waals surface area contributed by atoms with Gasteiger partial charge in [0.25, 0.3) is 0 Å². The van der Waals surface area contributed by atoms with Gasteiger partial charge >= 0.3 is 18.4 Å². The number of halogens is 7. The van der Waals surface area contributed by atoms with E-state index in [4.69, 9.17) is 9.47 Å². The fraction of sp³-hybridized carbons (Fsp3) is 0.500. The van der Waals surface area contributed by atoms with Gasteiger partial charge in [-0.25, -0.2) is 9.18 Å². The van der Waals surface area contributed by atoms with Crippen molar-refractivity contribution in [3.8, 4) is 0 Å². The van der Waals surface area contributed by atoms with Crippen molar-refractivity contribution in [2.75, 3.05) is 13.2 Å². The van der Waals surface area contributed by atoms with Crippen LogP contribution in [0, 0.1) is 5.82 Å². The van der Waals surface area contributed by atoms with Crippen molar-refractivity contribution in [2.24, 2.45) is 0 Å². The van der Waals surface area contributed by atoms with Crippen LogP contribution >= 0.6 is 0 Å². The van der Waals surface area contributed by atoms with Crippen LogP contribution in [0.4, 0.5) is 35.5 Å². The molecule has 1 N–H and O–H groups in total. The summed E-state index contributed by atoms with van der Waals surface area (Å²) in [6.07, 6.45) is -13.3. The molecule has 1 heterocycles. The van der Waals surface area contributed by atoms with Crippen LogP contribution in [0.15, 0.2) is 42.5 Å². The number of rotatable bonds is 5. The standard InChI is InChI=1S/C26H28F7NO4/c1-14(16-9-17(25(28,29)30)11-18(10-16)26(31,32)33)37-22-20(15-5-7-19(27)8-6-15)12-34(21(22)13-35)23(36)38-24(2,3)4/h5-11,14,20-22,35H,12-13H2,1-4H3/t14-,20+,21+,22+/m1/s1. The Balaban J connectivity index is 2.02. The van der Waals surface area contributed by atoms with Gasteiger partial charge in [-0.1, -0.05) is 12.1 Å². The lowest BCUT2D eigenvalue weighted by Crippen LogP contribution is -2.45. The zero-order valence-electron chi connectivity index (χ0n) is 21.0. The Morgan fingerprint density at radius 3 is 1.97 bits per heavy atom. The highest BCUT2D eigenvalue weighted by molar-refractivity contribution is 5.69. The molecule has 1 amide bonds. The average Bonchev–Trinajstić information content (AvgIpc) is 3.15. The van der Waals surface area contributed by atoms with Gasteiger partial charge in [0, 0.05) is 12.5 Å².